The Hall–Kier alpha value is -1.71. The molecule has 1 atom stereocenters. The van der Waals surface area contributed by atoms with Crippen molar-refractivity contribution in [2.45, 2.75) is 19.9 Å². The van der Waals surface area contributed by atoms with Gasteiger partial charge in [0.05, 0.1) is 7.11 Å². The largest absolute Gasteiger partial charge is 0.497 e. The van der Waals surface area contributed by atoms with Gasteiger partial charge in [-0.1, -0.05) is 6.07 Å². The van der Waals surface area contributed by atoms with E-state index in [9.17, 15) is 4.79 Å². The maximum atomic E-state index is 11.0. The molecule has 0 aromatic heterocycles. The number of aliphatic carboxylic acids is 1. The number of likely N-dealkylation sites (N-methyl/N-ethyl adjacent to an activating group) is 1. The van der Waals surface area contributed by atoms with Crippen LogP contribution in [-0.2, 0) is 4.79 Å². The maximum Gasteiger partial charge on any atom is 0.326 e. The minimum atomic E-state index is -0.829. The first kappa shape index (κ1) is 12.4. The number of ether oxygens (including phenoxy) is 1. The molecule has 0 fully saturated rings. The molecule has 1 unspecified atom stereocenters. The van der Waals surface area contributed by atoms with E-state index in [0.29, 0.717) is 6.54 Å². The Morgan fingerprint density at radius 3 is 2.75 bits per heavy atom. The van der Waals surface area contributed by atoms with Gasteiger partial charge in [-0.2, -0.15) is 0 Å². The molecule has 1 N–H and O–H groups in total. The molecule has 0 aliphatic carbocycles. The number of methoxy groups -OCH3 is 1. The molecule has 0 aliphatic heterocycles. The highest BCUT2D eigenvalue weighted by atomic mass is 16.5. The third kappa shape index (κ3) is 2.66. The molecule has 0 bridgehead atoms. The van der Waals surface area contributed by atoms with Crippen LogP contribution in [0.2, 0.25) is 0 Å². The standard InChI is InChI=1S/C12H17NO3/c1-4-13(9(2)12(14)15)10-6-5-7-11(8-10)16-3/h5-9H,4H2,1-3H3,(H,14,15). The molecule has 0 radical (unpaired) electrons. The van der Waals surface area contributed by atoms with Gasteiger partial charge in [-0.25, -0.2) is 4.79 Å². The smallest absolute Gasteiger partial charge is 0.326 e. The summed E-state index contributed by atoms with van der Waals surface area (Å²) < 4.78 is 5.12. The molecular weight excluding hydrogens is 206 g/mol. The molecular formula is C12H17NO3. The van der Waals surface area contributed by atoms with Crippen molar-refractivity contribution < 1.29 is 14.6 Å². The highest BCUT2D eigenvalue weighted by Crippen LogP contribution is 2.22. The van der Waals surface area contributed by atoms with Crippen molar-refractivity contribution in [3.8, 4) is 5.75 Å². The Bertz CT molecular complexity index is 365. The topological polar surface area (TPSA) is 49.8 Å². The molecule has 1 rings (SSSR count). The summed E-state index contributed by atoms with van der Waals surface area (Å²) in [6.45, 7) is 4.24. The van der Waals surface area contributed by atoms with Crippen LogP contribution in [0.3, 0.4) is 0 Å². The molecule has 0 saturated heterocycles. The highest BCUT2D eigenvalue weighted by molar-refractivity contribution is 5.77. The maximum absolute atomic E-state index is 11.0. The molecule has 1 aromatic carbocycles. The SMILES string of the molecule is CCN(c1cccc(OC)c1)C(C)C(=O)O. The lowest BCUT2D eigenvalue weighted by atomic mass is 10.2. The first-order chi connectivity index (χ1) is 7.60. The third-order valence-electron chi connectivity index (χ3n) is 2.55. The van der Waals surface area contributed by atoms with Crippen LogP contribution in [0.5, 0.6) is 5.75 Å². The minimum absolute atomic E-state index is 0.544. The number of carboxylic acid groups (broad SMARTS) is 1. The van der Waals surface area contributed by atoms with Crippen molar-refractivity contribution in [2.75, 3.05) is 18.6 Å². The van der Waals surface area contributed by atoms with E-state index in [2.05, 4.69) is 0 Å². The average Bonchev–Trinajstić information content (AvgIpc) is 2.30. The number of hydrogen-bond acceptors (Lipinski definition) is 3. The fourth-order valence-corrected chi connectivity index (χ4v) is 1.60. The molecule has 16 heavy (non-hydrogen) atoms. The zero-order valence-corrected chi connectivity index (χ0v) is 9.80. The summed E-state index contributed by atoms with van der Waals surface area (Å²) in [6.07, 6.45) is 0. The summed E-state index contributed by atoms with van der Waals surface area (Å²) in [6, 6.07) is 6.86. The first-order valence-corrected chi connectivity index (χ1v) is 5.23. The van der Waals surface area contributed by atoms with Crippen molar-refractivity contribution in [1.82, 2.24) is 0 Å². The van der Waals surface area contributed by atoms with Crippen molar-refractivity contribution in [1.29, 1.82) is 0 Å². The average molecular weight is 223 g/mol. The lowest BCUT2D eigenvalue weighted by molar-refractivity contribution is -0.138. The summed E-state index contributed by atoms with van der Waals surface area (Å²) in [5.74, 6) is -0.0989. The molecule has 88 valence electrons. The van der Waals surface area contributed by atoms with Crippen LogP contribution < -0.4 is 9.64 Å². The van der Waals surface area contributed by atoms with E-state index < -0.39 is 12.0 Å². The van der Waals surface area contributed by atoms with Gasteiger partial charge in [0.15, 0.2) is 0 Å². The quantitative estimate of drug-likeness (QED) is 0.829. The van der Waals surface area contributed by atoms with E-state index in [0.717, 1.165) is 11.4 Å². The van der Waals surface area contributed by atoms with Crippen LogP contribution in [0, 0.1) is 0 Å². The molecule has 4 heteroatoms. The van der Waals surface area contributed by atoms with Gasteiger partial charge in [0, 0.05) is 18.3 Å². The molecule has 0 aliphatic rings. The number of rotatable bonds is 5. The summed E-state index contributed by atoms with van der Waals surface area (Å²) in [7, 11) is 1.59. The fourth-order valence-electron chi connectivity index (χ4n) is 1.60. The molecule has 1 aromatic rings. The van der Waals surface area contributed by atoms with Gasteiger partial charge in [0.1, 0.15) is 11.8 Å². The number of carbonyl (C=O) groups is 1. The van der Waals surface area contributed by atoms with Crippen LogP contribution in [0.25, 0.3) is 0 Å². The normalized spacial score (nSPS) is 11.9. The Kier molecular flexibility index (Phi) is 4.17. The predicted molar refractivity (Wildman–Crippen MR) is 63.1 cm³/mol. The Morgan fingerprint density at radius 1 is 1.56 bits per heavy atom. The number of hydrogen-bond donors (Lipinski definition) is 1. The summed E-state index contributed by atoms with van der Waals surface area (Å²) in [4.78, 5) is 12.8. The third-order valence-corrected chi connectivity index (χ3v) is 2.55. The second-order valence-corrected chi connectivity index (χ2v) is 3.50. The van der Waals surface area contributed by atoms with Crippen LogP contribution in [-0.4, -0.2) is 30.8 Å². The van der Waals surface area contributed by atoms with E-state index in [1.165, 1.54) is 0 Å². The van der Waals surface area contributed by atoms with E-state index in [1.807, 2.05) is 36.1 Å². The molecule has 0 spiro atoms. The number of nitrogens with zero attached hydrogens (tertiary/aromatic N) is 1. The molecule has 4 nitrogen and oxygen atoms in total. The van der Waals surface area contributed by atoms with Gasteiger partial charge in [-0.3, -0.25) is 0 Å². The van der Waals surface area contributed by atoms with Gasteiger partial charge in [-0.05, 0) is 26.0 Å². The fraction of sp³-hybridized carbons (Fsp3) is 0.417. The van der Waals surface area contributed by atoms with E-state index in [4.69, 9.17) is 9.84 Å². The minimum Gasteiger partial charge on any atom is -0.497 e. The van der Waals surface area contributed by atoms with Crippen LogP contribution in [0.15, 0.2) is 24.3 Å². The zero-order chi connectivity index (χ0) is 12.1. The van der Waals surface area contributed by atoms with E-state index >= 15 is 0 Å². The van der Waals surface area contributed by atoms with Crippen molar-refractivity contribution >= 4 is 11.7 Å². The second kappa shape index (κ2) is 5.39. The number of anilines is 1. The zero-order valence-electron chi connectivity index (χ0n) is 9.80. The van der Waals surface area contributed by atoms with Crippen molar-refractivity contribution in [3.05, 3.63) is 24.3 Å². The Morgan fingerprint density at radius 2 is 2.25 bits per heavy atom. The second-order valence-electron chi connectivity index (χ2n) is 3.50. The monoisotopic (exact) mass is 223 g/mol. The van der Waals surface area contributed by atoms with Gasteiger partial charge < -0.3 is 14.7 Å². The lowest BCUT2D eigenvalue weighted by Gasteiger charge is -2.27. The highest BCUT2D eigenvalue weighted by Gasteiger charge is 2.19. The number of carboxylic acids is 1. The summed E-state index contributed by atoms with van der Waals surface area (Å²) in [5, 5.41) is 9.00. The first-order valence-electron chi connectivity index (χ1n) is 5.23. The van der Waals surface area contributed by atoms with E-state index in [-0.39, 0.29) is 0 Å². The van der Waals surface area contributed by atoms with Crippen molar-refractivity contribution in [2.24, 2.45) is 0 Å². The number of benzene rings is 1. The van der Waals surface area contributed by atoms with Crippen molar-refractivity contribution in [3.63, 3.8) is 0 Å². The van der Waals surface area contributed by atoms with Gasteiger partial charge in [-0.15, -0.1) is 0 Å². The van der Waals surface area contributed by atoms with Gasteiger partial charge in [0.25, 0.3) is 0 Å². The Balaban J connectivity index is 2.98. The molecule has 0 amide bonds. The van der Waals surface area contributed by atoms with E-state index in [1.54, 1.807) is 14.0 Å². The summed E-state index contributed by atoms with van der Waals surface area (Å²) >= 11 is 0. The lowest BCUT2D eigenvalue weighted by Crippen LogP contribution is -2.38. The van der Waals surface area contributed by atoms with Crippen LogP contribution >= 0.6 is 0 Å². The van der Waals surface area contributed by atoms with Gasteiger partial charge in [0.2, 0.25) is 0 Å². The molecule has 0 saturated carbocycles. The predicted octanol–water partition coefficient (Wildman–Crippen LogP) is 1.99. The summed E-state index contributed by atoms with van der Waals surface area (Å²) in [5.41, 5.74) is 0.858. The Labute approximate surface area is 95.5 Å². The van der Waals surface area contributed by atoms with Crippen LogP contribution in [0.1, 0.15) is 13.8 Å². The van der Waals surface area contributed by atoms with Gasteiger partial charge >= 0.3 is 5.97 Å². The van der Waals surface area contributed by atoms with Crippen LogP contribution in [0.4, 0.5) is 5.69 Å². The molecule has 0 heterocycles.